The van der Waals surface area contributed by atoms with Crippen LogP contribution in [0.5, 0.6) is 0 Å². The number of ether oxygens (including phenoxy) is 1. The molecule has 4 heterocycles. The molecule has 3 aromatic rings. The lowest BCUT2D eigenvalue weighted by Crippen LogP contribution is -2.51. The second kappa shape index (κ2) is 12.2. The number of carbonyl (C=O) groups excluding carboxylic acids is 2. The zero-order valence-electron chi connectivity index (χ0n) is 24.3. The number of nitrogens with zero attached hydrogens (tertiary/aromatic N) is 3. The van der Waals surface area contributed by atoms with Gasteiger partial charge in [0.15, 0.2) is 0 Å². The van der Waals surface area contributed by atoms with Crippen LogP contribution in [-0.4, -0.2) is 63.1 Å². The Kier molecular flexibility index (Phi) is 8.45. The number of hydrogen-bond acceptors (Lipinski definition) is 6. The highest BCUT2D eigenvalue weighted by atomic mass is 16.5. The Labute approximate surface area is 241 Å². The van der Waals surface area contributed by atoms with Crippen molar-refractivity contribution in [2.24, 2.45) is 17.8 Å². The number of alkyl carbamates (subject to hydrolysis) is 1. The maximum Gasteiger partial charge on any atom is 0.407 e. The quantitative estimate of drug-likeness (QED) is 0.337. The normalized spacial score (nSPS) is 22.8. The number of nitrogens with one attached hydrogen (secondary N) is 4. The molecule has 41 heavy (non-hydrogen) atoms. The first kappa shape index (κ1) is 28.4. The molecule has 0 aliphatic carbocycles. The number of aromatic nitrogens is 4. The number of hydrogen-bond donors (Lipinski definition) is 4. The first-order valence-electron chi connectivity index (χ1n) is 14.3. The molecule has 2 aliphatic heterocycles. The molecule has 5 rings (SSSR count). The molecule has 2 fully saturated rings. The molecular weight excluding hydrogens is 518 g/mol. The van der Waals surface area contributed by atoms with Gasteiger partial charge < -0.3 is 30.2 Å². The summed E-state index contributed by atoms with van der Waals surface area (Å²) in [5.74, 6) is 8.83. The van der Waals surface area contributed by atoms with Gasteiger partial charge in [-0.3, -0.25) is 4.79 Å². The van der Waals surface area contributed by atoms with Crippen molar-refractivity contribution < 1.29 is 14.3 Å². The number of H-pyrrole nitrogens is 2. The topological polar surface area (TPSA) is 128 Å². The summed E-state index contributed by atoms with van der Waals surface area (Å²) in [6.07, 6.45) is 4.86. The van der Waals surface area contributed by atoms with Gasteiger partial charge in [-0.05, 0) is 60.8 Å². The summed E-state index contributed by atoms with van der Waals surface area (Å²) in [4.78, 5) is 43.2. The van der Waals surface area contributed by atoms with Crippen LogP contribution in [0.4, 0.5) is 4.79 Å². The van der Waals surface area contributed by atoms with Crippen molar-refractivity contribution in [3.63, 3.8) is 0 Å². The smallest absolute Gasteiger partial charge is 0.407 e. The molecule has 1 aromatic carbocycles. The van der Waals surface area contributed by atoms with Crippen LogP contribution in [0.1, 0.15) is 75.5 Å². The largest absolute Gasteiger partial charge is 0.453 e. The van der Waals surface area contributed by atoms with E-state index in [0.717, 1.165) is 53.5 Å². The predicted molar refractivity (Wildman–Crippen MR) is 156 cm³/mol. The third kappa shape index (κ3) is 6.46. The van der Waals surface area contributed by atoms with Crippen molar-refractivity contribution in [1.82, 2.24) is 35.5 Å². The Balaban J connectivity index is 1.27. The van der Waals surface area contributed by atoms with Crippen molar-refractivity contribution >= 4 is 12.0 Å². The first-order valence-corrected chi connectivity index (χ1v) is 14.3. The number of aromatic amines is 2. The number of likely N-dealkylation sites (tertiary alicyclic amines) is 1. The number of carbonyl (C=O) groups is 2. The van der Waals surface area contributed by atoms with Crippen LogP contribution in [0.25, 0.3) is 11.3 Å². The van der Waals surface area contributed by atoms with Gasteiger partial charge in [-0.25, -0.2) is 14.8 Å². The summed E-state index contributed by atoms with van der Waals surface area (Å²) in [6.45, 7) is 9.80. The molecule has 10 heteroatoms. The van der Waals surface area contributed by atoms with Crippen LogP contribution in [0.2, 0.25) is 0 Å². The minimum atomic E-state index is -0.672. The van der Waals surface area contributed by atoms with E-state index in [1.807, 2.05) is 43.0 Å². The number of rotatable bonds is 6. The van der Waals surface area contributed by atoms with Crippen LogP contribution in [0, 0.1) is 29.6 Å². The standard InChI is InChI=1S/C31H39N7O3/c1-18(2)27(37-31(40)41-5)30(39)38-17-20(4)13-26(38)29-34-16-25(36-29)22-9-6-21(7-10-22)8-11-23-15-33-28(35-23)24-12-19(3)14-32-24/h6-7,9-10,15-16,18-20,24,26-27,32H,12-14,17H2,1-5H3,(H,33,35)(H,34,36)(H,37,40). The van der Waals surface area contributed by atoms with Gasteiger partial charge in [0.2, 0.25) is 5.91 Å². The van der Waals surface area contributed by atoms with E-state index in [1.54, 1.807) is 12.4 Å². The van der Waals surface area contributed by atoms with Crippen LogP contribution in [0.15, 0.2) is 36.7 Å². The van der Waals surface area contributed by atoms with Gasteiger partial charge in [0.1, 0.15) is 23.4 Å². The molecular formula is C31H39N7O3. The maximum atomic E-state index is 13.5. The average molecular weight is 558 g/mol. The Morgan fingerprint density at radius 1 is 1.02 bits per heavy atom. The van der Waals surface area contributed by atoms with Gasteiger partial charge >= 0.3 is 6.09 Å². The molecule has 0 saturated carbocycles. The van der Waals surface area contributed by atoms with E-state index in [4.69, 9.17) is 4.74 Å². The van der Waals surface area contributed by atoms with Gasteiger partial charge in [-0.1, -0.05) is 45.7 Å². The Bertz CT molecular complexity index is 1430. The molecule has 2 aromatic heterocycles. The SMILES string of the molecule is COC(=O)NC(C(=O)N1CC(C)CC1c1ncc(-c2ccc(C#Cc3cnc(C4CC(C)CN4)[nH]3)cc2)[nH]1)C(C)C. The number of methoxy groups -OCH3 is 1. The molecule has 216 valence electrons. The molecule has 5 unspecified atom stereocenters. The van der Waals surface area contributed by atoms with Crippen LogP contribution in [-0.2, 0) is 9.53 Å². The van der Waals surface area contributed by atoms with Crippen molar-refractivity contribution in [3.8, 4) is 23.1 Å². The maximum absolute atomic E-state index is 13.5. The third-order valence-corrected chi connectivity index (χ3v) is 7.91. The summed E-state index contributed by atoms with van der Waals surface area (Å²) in [6, 6.07) is 7.40. The molecule has 4 N–H and O–H groups in total. The minimum absolute atomic E-state index is 0.0876. The fourth-order valence-corrected chi connectivity index (χ4v) is 5.65. The number of imidazole rings is 2. The highest BCUT2D eigenvalue weighted by Gasteiger charge is 2.40. The lowest BCUT2D eigenvalue weighted by molar-refractivity contribution is -0.135. The lowest BCUT2D eigenvalue weighted by atomic mass is 10.0. The van der Waals surface area contributed by atoms with Crippen molar-refractivity contribution in [1.29, 1.82) is 0 Å². The summed E-state index contributed by atoms with van der Waals surface area (Å²) >= 11 is 0. The molecule has 2 amide bonds. The molecule has 2 aliphatic rings. The Morgan fingerprint density at radius 2 is 1.78 bits per heavy atom. The van der Waals surface area contributed by atoms with E-state index in [0.29, 0.717) is 18.4 Å². The molecule has 0 bridgehead atoms. The van der Waals surface area contributed by atoms with E-state index < -0.39 is 12.1 Å². The summed E-state index contributed by atoms with van der Waals surface area (Å²) in [7, 11) is 1.30. The highest BCUT2D eigenvalue weighted by Crippen LogP contribution is 2.35. The first-order chi connectivity index (χ1) is 19.7. The van der Waals surface area contributed by atoms with Gasteiger partial charge in [0.25, 0.3) is 0 Å². The highest BCUT2D eigenvalue weighted by molar-refractivity contribution is 5.86. The molecule has 2 saturated heterocycles. The van der Waals surface area contributed by atoms with E-state index in [2.05, 4.69) is 56.3 Å². The molecule has 5 atom stereocenters. The summed E-state index contributed by atoms with van der Waals surface area (Å²) in [5, 5.41) is 6.19. The van der Waals surface area contributed by atoms with E-state index in [9.17, 15) is 9.59 Å². The zero-order valence-corrected chi connectivity index (χ0v) is 24.3. The minimum Gasteiger partial charge on any atom is -0.453 e. The number of benzene rings is 1. The van der Waals surface area contributed by atoms with Crippen molar-refractivity contribution in [3.05, 3.63) is 59.6 Å². The predicted octanol–water partition coefficient (Wildman–Crippen LogP) is 4.16. The van der Waals surface area contributed by atoms with Gasteiger partial charge in [0.05, 0.1) is 37.3 Å². The van der Waals surface area contributed by atoms with Gasteiger partial charge in [-0.2, -0.15) is 0 Å². The van der Waals surface area contributed by atoms with Crippen molar-refractivity contribution in [2.45, 2.75) is 58.7 Å². The lowest BCUT2D eigenvalue weighted by Gasteiger charge is -2.30. The number of amides is 2. The van der Waals surface area contributed by atoms with Gasteiger partial charge in [-0.15, -0.1) is 0 Å². The molecule has 0 radical (unpaired) electrons. The van der Waals surface area contributed by atoms with Crippen LogP contribution >= 0.6 is 0 Å². The van der Waals surface area contributed by atoms with E-state index >= 15 is 0 Å². The van der Waals surface area contributed by atoms with Crippen LogP contribution in [0.3, 0.4) is 0 Å². The van der Waals surface area contributed by atoms with Gasteiger partial charge in [0, 0.05) is 12.1 Å². The van der Waals surface area contributed by atoms with Crippen molar-refractivity contribution in [2.75, 3.05) is 20.2 Å². The van der Waals surface area contributed by atoms with E-state index in [1.165, 1.54) is 7.11 Å². The second-order valence-electron chi connectivity index (χ2n) is 11.7. The van der Waals surface area contributed by atoms with E-state index in [-0.39, 0.29) is 23.9 Å². The Morgan fingerprint density at radius 3 is 2.46 bits per heavy atom. The monoisotopic (exact) mass is 557 g/mol. The van der Waals surface area contributed by atoms with Crippen LogP contribution < -0.4 is 10.6 Å². The Hall–Kier alpha value is -4.10. The summed E-state index contributed by atoms with van der Waals surface area (Å²) in [5.41, 5.74) is 3.55. The second-order valence-corrected chi connectivity index (χ2v) is 11.7. The zero-order chi connectivity index (χ0) is 29.1. The molecule has 0 spiro atoms. The fourth-order valence-electron chi connectivity index (χ4n) is 5.65. The summed E-state index contributed by atoms with van der Waals surface area (Å²) < 4.78 is 4.74. The third-order valence-electron chi connectivity index (χ3n) is 7.91. The fraction of sp³-hybridized carbons (Fsp3) is 0.484. The molecule has 10 nitrogen and oxygen atoms in total. The average Bonchev–Trinajstić information content (AvgIpc) is 3.77.